The number of thiazole rings is 1. The molecule has 0 aliphatic heterocycles. The van der Waals surface area contributed by atoms with Crippen molar-refractivity contribution in [1.29, 1.82) is 0 Å². The molecule has 0 aliphatic rings. The number of ether oxygens (including phenoxy) is 1. The van der Waals surface area contributed by atoms with Crippen molar-refractivity contribution in [3.8, 4) is 16.3 Å². The molecule has 3 aromatic heterocycles. The fourth-order valence-electron chi connectivity index (χ4n) is 3.02. The summed E-state index contributed by atoms with van der Waals surface area (Å²) >= 11 is 1.45. The minimum atomic E-state index is -0.119. The number of carbonyl (C=O) groups excluding carboxylic acids is 1. The van der Waals surface area contributed by atoms with Gasteiger partial charge in [0.25, 0.3) is 5.91 Å². The van der Waals surface area contributed by atoms with E-state index in [2.05, 4.69) is 15.0 Å². The number of pyridine rings is 2. The van der Waals surface area contributed by atoms with Gasteiger partial charge in [-0.3, -0.25) is 14.8 Å². The van der Waals surface area contributed by atoms with Gasteiger partial charge in [0, 0.05) is 48.8 Å². The van der Waals surface area contributed by atoms with E-state index >= 15 is 0 Å². The molecule has 0 N–H and O–H groups in total. The second-order valence-corrected chi connectivity index (χ2v) is 7.50. The van der Waals surface area contributed by atoms with Crippen molar-refractivity contribution in [2.24, 2.45) is 0 Å². The lowest BCUT2D eigenvalue weighted by molar-refractivity contribution is 0.0724. The van der Waals surface area contributed by atoms with Gasteiger partial charge in [0.05, 0.1) is 7.11 Å². The molecule has 0 bridgehead atoms. The Kier molecular flexibility index (Phi) is 6.10. The zero-order valence-corrected chi connectivity index (χ0v) is 17.2. The van der Waals surface area contributed by atoms with Crippen molar-refractivity contribution in [3.63, 3.8) is 0 Å². The molecule has 0 fully saturated rings. The van der Waals surface area contributed by atoms with Gasteiger partial charge in [-0.15, -0.1) is 11.3 Å². The van der Waals surface area contributed by atoms with E-state index in [0.717, 1.165) is 27.4 Å². The second-order valence-electron chi connectivity index (χ2n) is 6.64. The van der Waals surface area contributed by atoms with Crippen molar-refractivity contribution >= 4 is 17.2 Å². The fourth-order valence-corrected chi connectivity index (χ4v) is 3.82. The van der Waals surface area contributed by atoms with Gasteiger partial charge in [-0.05, 0) is 53.6 Å². The summed E-state index contributed by atoms with van der Waals surface area (Å²) in [7, 11) is 1.63. The van der Waals surface area contributed by atoms with Gasteiger partial charge in [0.1, 0.15) is 16.5 Å². The molecule has 0 saturated carbocycles. The predicted octanol–water partition coefficient (Wildman–Crippen LogP) is 4.45. The Balaban J connectivity index is 1.58. The summed E-state index contributed by atoms with van der Waals surface area (Å²) in [5, 5.41) is 2.61. The smallest absolute Gasteiger partial charge is 0.273 e. The first-order chi connectivity index (χ1) is 14.7. The van der Waals surface area contributed by atoms with Crippen LogP contribution in [0.2, 0.25) is 0 Å². The third-order valence-corrected chi connectivity index (χ3v) is 5.46. The first kappa shape index (κ1) is 19.7. The fraction of sp³-hybridized carbons (Fsp3) is 0.130. The number of benzene rings is 1. The van der Waals surface area contributed by atoms with Crippen LogP contribution in [0.3, 0.4) is 0 Å². The van der Waals surface area contributed by atoms with Crippen LogP contribution < -0.4 is 4.74 Å². The Morgan fingerprint density at radius 3 is 2.43 bits per heavy atom. The van der Waals surface area contributed by atoms with Crippen LogP contribution in [0.4, 0.5) is 0 Å². The molecular weight excluding hydrogens is 396 g/mol. The zero-order chi connectivity index (χ0) is 20.8. The van der Waals surface area contributed by atoms with Crippen molar-refractivity contribution in [2.75, 3.05) is 7.11 Å². The average molecular weight is 417 g/mol. The Hall–Kier alpha value is -3.58. The second kappa shape index (κ2) is 9.28. The summed E-state index contributed by atoms with van der Waals surface area (Å²) in [6.45, 7) is 0.913. The highest BCUT2D eigenvalue weighted by Gasteiger charge is 2.20. The number of nitrogens with zero attached hydrogens (tertiary/aromatic N) is 4. The first-order valence-corrected chi connectivity index (χ1v) is 10.3. The molecule has 150 valence electrons. The monoisotopic (exact) mass is 416 g/mol. The number of rotatable bonds is 7. The summed E-state index contributed by atoms with van der Waals surface area (Å²) in [6, 6.07) is 15.3. The number of methoxy groups -OCH3 is 1. The summed E-state index contributed by atoms with van der Waals surface area (Å²) in [5.41, 5.74) is 3.36. The van der Waals surface area contributed by atoms with Crippen LogP contribution in [0.1, 0.15) is 21.6 Å². The lowest BCUT2D eigenvalue weighted by atomic mass is 10.2. The summed E-state index contributed by atoms with van der Waals surface area (Å²) in [4.78, 5) is 27.9. The van der Waals surface area contributed by atoms with E-state index in [0.29, 0.717) is 18.8 Å². The maximum absolute atomic E-state index is 13.3. The molecule has 1 aromatic carbocycles. The molecule has 1 amide bonds. The van der Waals surface area contributed by atoms with Gasteiger partial charge < -0.3 is 9.64 Å². The van der Waals surface area contributed by atoms with Crippen LogP contribution in [-0.2, 0) is 13.1 Å². The normalized spacial score (nSPS) is 10.6. The van der Waals surface area contributed by atoms with Crippen molar-refractivity contribution in [3.05, 3.63) is 95.5 Å². The highest BCUT2D eigenvalue weighted by atomic mass is 32.1. The molecule has 7 heteroatoms. The zero-order valence-electron chi connectivity index (χ0n) is 16.4. The number of amides is 1. The molecule has 4 aromatic rings. The largest absolute Gasteiger partial charge is 0.497 e. The SMILES string of the molecule is COc1ccc(-c2nc(C(=O)N(Cc3ccncc3)Cc3cccnc3)cs2)cc1. The molecule has 0 unspecified atom stereocenters. The van der Waals surface area contributed by atoms with E-state index in [1.54, 1.807) is 36.8 Å². The van der Waals surface area contributed by atoms with Gasteiger partial charge in [-0.2, -0.15) is 0 Å². The third kappa shape index (κ3) is 4.69. The minimum absolute atomic E-state index is 0.119. The van der Waals surface area contributed by atoms with E-state index < -0.39 is 0 Å². The summed E-state index contributed by atoms with van der Waals surface area (Å²) in [6.07, 6.45) is 6.95. The lowest BCUT2D eigenvalue weighted by Gasteiger charge is -2.22. The van der Waals surface area contributed by atoms with Crippen LogP contribution in [0.15, 0.2) is 78.7 Å². The highest BCUT2D eigenvalue weighted by Crippen LogP contribution is 2.26. The molecule has 6 nitrogen and oxygen atoms in total. The Morgan fingerprint density at radius 1 is 0.967 bits per heavy atom. The number of aromatic nitrogens is 3. The standard InChI is InChI=1S/C23H20N4O2S/c1-29-20-6-4-19(5-7-20)22-26-21(16-30-22)23(28)27(14-17-8-11-24-12-9-17)15-18-3-2-10-25-13-18/h2-13,16H,14-15H2,1H3. The van der Waals surface area contributed by atoms with E-state index in [9.17, 15) is 4.79 Å². The average Bonchev–Trinajstić information content (AvgIpc) is 3.30. The summed E-state index contributed by atoms with van der Waals surface area (Å²) in [5.74, 6) is 0.665. The van der Waals surface area contributed by atoms with E-state index in [1.165, 1.54) is 11.3 Å². The first-order valence-electron chi connectivity index (χ1n) is 9.40. The van der Waals surface area contributed by atoms with E-state index in [1.807, 2.05) is 53.9 Å². The Bertz CT molecular complexity index is 1060. The van der Waals surface area contributed by atoms with Crippen LogP contribution >= 0.6 is 11.3 Å². The number of carbonyl (C=O) groups is 1. The Morgan fingerprint density at radius 2 is 1.73 bits per heavy atom. The van der Waals surface area contributed by atoms with Gasteiger partial charge in [0.15, 0.2) is 0 Å². The molecule has 0 radical (unpaired) electrons. The third-order valence-electron chi connectivity index (χ3n) is 4.57. The van der Waals surface area contributed by atoms with Gasteiger partial charge >= 0.3 is 0 Å². The van der Waals surface area contributed by atoms with Crippen LogP contribution in [0, 0.1) is 0 Å². The molecule has 30 heavy (non-hydrogen) atoms. The van der Waals surface area contributed by atoms with Crippen molar-refractivity contribution in [1.82, 2.24) is 19.9 Å². The minimum Gasteiger partial charge on any atom is -0.497 e. The Labute approximate surface area is 178 Å². The molecule has 0 atom stereocenters. The van der Waals surface area contributed by atoms with Crippen molar-refractivity contribution < 1.29 is 9.53 Å². The molecular formula is C23H20N4O2S. The number of hydrogen-bond donors (Lipinski definition) is 0. The quantitative estimate of drug-likeness (QED) is 0.445. The van der Waals surface area contributed by atoms with Crippen LogP contribution in [-0.4, -0.2) is 32.9 Å². The maximum Gasteiger partial charge on any atom is 0.273 e. The predicted molar refractivity (Wildman–Crippen MR) is 116 cm³/mol. The lowest BCUT2D eigenvalue weighted by Crippen LogP contribution is -2.30. The topological polar surface area (TPSA) is 68.2 Å². The molecule has 3 heterocycles. The van der Waals surface area contributed by atoms with E-state index in [4.69, 9.17) is 4.74 Å². The van der Waals surface area contributed by atoms with Gasteiger partial charge in [-0.1, -0.05) is 6.07 Å². The maximum atomic E-state index is 13.3. The van der Waals surface area contributed by atoms with Gasteiger partial charge in [-0.25, -0.2) is 4.98 Å². The molecule has 4 rings (SSSR count). The molecule has 0 spiro atoms. The van der Waals surface area contributed by atoms with Gasteiger partial charge in [0.2, 0.25) is 0 Å². The molecule has 0 saturated heterocycles. The number of hydrogen-bond acceptors (Lipinski definition) is 6. The van der Waals surface area contributed by atoms with Crippen LogP contribution in [0.5, 0.6) is 5.75 Å². The van der Waals surface area contributed by atoms with Crippen molar-refractivity contribution in [2.45, 2.75) is 13.1 Å². The molecule has 0 aliphatic carbocycles. The summed E-state index contributed by atoms with van der Waals surface area (Å²) < 4.78 is 5.21. The van der Waals surface area contributed by atoms with Crippen LogP contribution in [0.25, 0.3) is 10.6 Å². The van der Waals surface area contributed by atoms with E-state index in [-0.39, 0.29) is 5.91 Å². The highest BCUT2D eigenvalue weighted by molar-refractivity contribution is 7.13.